The number of benzene rings is 2. The lowest BCUT2D eigenvalue weighted by Crippen LogP contribution is -2.31. The molecule has 0 heterocycles. The van der Waals surface area contributed by atoms with Crippen LogP contribution in [0.4, 0.5) is 5.69 Å². The van der Waals surface area contributed by atoms with Crippen molar-refractivity contribution in [3.05, 3.63) is 68.7 Å². The maximum absolute atomic E-state index is 12.0. The number of rotatable bonds is 7. The minimum Gasteiger partial charge on any atom is -0.483 e. The number of carbonyl (C=O) groups excluding carboxylic acids is 2. The number of carbonyl (C=O) groups is 2. The molecule has 0 aliphatic rings. The highest BCUT2D eigenvalue weighted by Gasteiger charge is 2.14. The van der Waals surface area contributed by atoms with Crippen molar-refractivity contribution in [2.45, 2.75) is 13.0 Å². The molecule has 8 heteroatoms. The van der Waals surface area contributed by atoms with E-state index in [1.807, 2.05) is 6.07 Å². The van der Waals surface area contributed by atoms with Crippen LogP contribution in [0.2, 0.25) is 5.02 Å². The van der Waals surface area contributed by atoms with Gasteiger partial charge in [-0.2, -0.15) is 0 Å². The number of hydrogen-bond acceptors (Lipinski definition) is 5. The molecule has 0 saturated heterocycles. The first kappa shape index (κ1) is 18.4. The third-order valence-corrected chi connectivity index (χ3v) is 3.65. The Kier molecular flexibility index (Phi) is 6.08. The topological polar surface area (TPSA) is 98.5 Å². The standard InChI is InChI=1S/C17H15ClN2O5/c1-11(12-3-2-4-14(18)7-12)19-17(22)10-25-16-6-5-15(20(23)24)8-13(16)9-21/h2-9,11H,10H2,1H3,(H,19,22)/t11-/m0/s1. The Morgan fingerprint density at radius 1 is 1.36 bits per heavy atom. The summed E-state index contributed by atoms with van der Waals surface area (Å²) in [5, 5.41) is 14.0. The van der Waals surface area contributed by atoms with Crippen LogP contribution >= 0.6 is 11.6 Å². The van der Waals surface area contributed by atoms with E-state index in [1.54, 1.807) is 25.1 Å². The SMILES string of the molecule is C[C@H](NC(=O)COc1ccc([N+](=O)[O-])cc1C=O)c1cccc(Cl)c1. The van der Waals surface area contributed by atoms with Crippen LogP contribution in [0.3, 0.4) is 0 Å². The third-order valence-electron chi connectivity index (χ3n) is 3.42. The van der Waals surface area contributed by atoms with Gasteiger partial charge >= 0.3 is 0 Å². The average molecular weight is 363 g/mol. The van der Waals surface area contributed by atoms with Crippen LogP contribution in [-0.2, 0) is 4.79 Å². The van der Waals surface area contributed by atoms with Gasteiger partial charge in [0.2, 0.25) is 0 Å². The van der Waals surface area contributed by atoms with Crippen LogP contribution in [0.5, 0.6) is 5.75 Å². The molecule has 0 spiro atoms. The Hall–Kier alpha value is -2.93. The van der Waals surface area contributed by atoms with Gasteiger partial charge in [0.15, 0.2) is 12.9 Å². The number of amides is 1. The van der Waals surface area contributed by atoms with Crippen LogP contribution in [0.25, 0.3) is 0 Å². The number of aldehydes is 1. The molecule has 0 saturated carbocycles. The summed E-state index contributed by atoms with van der Waals surface area (Å²) in [5.74, 6) is -0.297. The number of ether oxygens (including phenoxy) is 1. The van der Waals surface area contributed by atoms with Crippen LogP contribution in [0.15, 0.2) is 42.5 Å². The molecule has 0 fully saturated rings. The van der Waals surface area contributed by atoms with Gasteiger partial charge in [0, 0.05) is 17.2 Å². The molecule has 1 N–H and O–H groups in total. The third kappa shape index (κ3) is 5.02. The zero-order chi connectivity index (χ0) is 18.4. The largest absolute Gasteiger partial charge is 0.483 e. The molecule has 0 bridgehead atoms. The van der Waals surface area contributed by atoms with Crippen LogP contribution < -0.4 is 10.1 Å². The van der Waals surface area contributed by atoms with E-state index >= 15 is 0 Å². The predicted octanol–water partition coefficient (Wildman–Crippen LogP) is 3.32. The smallest absolute Gasteiger partial charge is 0.270 e. The molecule has 2 aromatic carbocycles. The zero-order valence-corrected chi connectivity index (χ0v) is 14.0. The van der Waals surface area contributed by atoms with E-state index in [4.69, 9.17) is 16.3 Å². The van der Waals surface area contributed by atoms with Gasteiger partial charge in [-0.25, -0.2) is 0 Å². The lowest BCUT2D eigenvalue weighted by Gasteiger charge is -2.15. The fourth-order valence-electron chi connectivity index (χ4n) is 2.16. The van der Waals surface area contributed by atoms with Gasteiger partial charge in [0.1, 0.15) is 5.75 Å². The molecule has 130 valence electrons. The van der Waals surface area contributed by atoms with Crippen molar-refractivity contribution >= 4 is 29.5 Å². The maximum atomic E-state index is 12.0. The Morgan fingerprint density at radius 3 is 2.76 bits per heavy atom. The first-order valence-electron chi connectivity index (χ1n) is 7.32. The van der Waals surface area contributed by atoms with Gasteiger partial charge in [0.05, 0.1) is 16.5 Å². The van der Waals surface area contributed by atoms with E-state index in [0.29, 0.717) is 11.3 Å². The molecule has 0 aliphatic heterocycles. The summed E-state index contributed by atoms with van der Waals surface area (Å²) in [4.78, 5) is 33.1. The molecule has 0 radical (unpaired) electrons. The summed E-state index contributed by atoms with van der Waals surface area (Å²) in [6.45, 7) is 1.47. The van der Waals surface area contributed by atoms with Crippen molar-refractivity contribution < 1.29 is 19.2 Å². The first-order valence-corrected chi connectivity index (χ1v) is 7.69. The van der Waals surface area contributed by atoms with E-state index in [9.17, 15) is 19.7 Å². The van der Waals surface area contributed by atoms with E-state index < -0.39 is 10.8 Å². The molecule has 0 aromatic heterocycles. The summed E-state index contributed by atoms with van der Waals surface area (Å²) in [6, 6.07) is 10.4. The van der Waals surface area contributed by atoms with Crippen molar-refractivity contribution in [1.29, 1.82) is 0 Å². The summed E-state index contributed by atoms with van der Waals surface area (Å²) in [7, 11) is 0. The van der Waals surface area contributed by atoms with Crippen molar-refractivity contribution in [3.63, 3.8) is 0 Å². The second-order valence-electron chi connectivity index (χ2n) is 5.23. The molecule has 25 heavy (non-hydrogen) atoms. The van der Waals surface area contributed by atoms with Crippen molar-refractivity contribution in [2.24, 2.45) is 0 Å². The molecule has 1 atom stereocenters. The number of hydrogen-bond donors (Lipinski definition) is 1. The Bertz CT molecular complexity index is 809. The molecule has 1 amide bonds. The molecule has 0 aliphatic carbocycles. The van der Waals surface area contributed by atoms with E-state index in [1.165, 1.54) is 12.1 Å². The molecular weight excluding hydrogens is 348 g/mol. The second kappa shape index (κ2) is 8.25. The zero-order valence-electron chi connectivity index (χ0n) is 13.3. The lowest BCUT2D eigenvalue weighted by molar-refractivity contribution is -0.384. The highest BCUT2D eigenvalue weighted by Crippen LogP contribution is 2.23. The minimum atomic E-state index is -0.615. The average Bonchev–Trinajstić information content (AvgIpc) is 2.59. The summed E-state index contributed by atoms with van der Waals surface area (Å²) >= 11 is 5.92. The van der Waals surface area contributed by atoms with Crippen molar-refractivity contribution in [1.82, 2.24) is 5.32 Å². The van der Waals surface area contributed by atoms with E-state index in [2.05, 4.69) is 5.32 Å². The molecular formula is C17H15ClN2O5. The van der Waals surface area contributed by atoms with Gasteiger partial charge in [-0.1, -0.05) is 23.7 Å². The number of non-ortho nitro benzene ring substituents is 1. The predicted molar refractivity (Wildman–Crippen MR) is 92.0 cm³/mol. The first-order chi connectivity index (χ1) is 11.9. The molecule has 2 rings (SSSR count). The summed E-state index contributed by atoms with van der Waals surface area (Å²) in [6.07, 6.45) is 0.439. The maximum Gasteiger partial charge on any atom is 0.270 e. The monoisotopic (exact) mass is 362 g/mol. The highest BCUT2D eigenvalue weighted by atomic mass is 35.5. The normalized spacial score (nSPS) is 11.4. The van der Waals surface area contributed by atoms with Gasteiger partial charge in [-0.15, -0.1) is 0 Å². The quantitative estimate of drug-likeness (QED) is 0.463. The van der Waals surface area contributed by atoms with Crippen LogP contribution in [0, 0.1) is 10.1 Å². The fraction of sp³-hybridized carbons (Fsp3) is 0.176. The van der Waals surface area contributed by atoms with Gasteiger partial charge in [0.25, 0.3) is 11.6 Å². The van der Waals surface area contributed by atoms with Crippen LogP contribution in [0.1, 0.15) is 28.9 Å². The lowest BCUT2D eigenvalue weighted by atomic mass is 10.1. The van der Waals surface area contributed by atoms with Crippen molar-refractivity contribution in [3.8, 4) is 5.75 Å². The van der Waals surface area contributed by atoms with Gasteiger partial charge < -0.3 is 10.1 Å². The molecule has 2 aromatic rings. The van der Waals surface area contributed by atoms with E-state index in [0.717, 1.165) is 11.6 Å². The van der Waals surface area contributed by atoms with Crippen LogP contribution in [-0.4, -0.2) is 23.7 Å². The number of nitrogens with zero attached hydrogens (tertiary/aromatic N) is 1. The second-order valence-corrected chi connectivity index (χ2v) is 5.67. The summed E-state index contributed by atoms with van der Waals surface area (Å²) < 4.78 is 5.29. The number of nitro groups is 1. The number of nitro benzene ring substituents is 1. The molecule has 0 unspecified atom stereocenters. The number of halogens is 1. The van der Waals surface area contributed by atoms with E-state index in [-0.39, 0.29) is 29.6 Å². The Labute approximate surface area is 148 Å². The van der Waals surface area contributed by atoms with Gasteiger partial charge in [-0.3, -0.25) is 19.7 Å². The van der Waals surface area contributed by atoms with Crippen molar-refractivity contribution in [2.75, 3.05) is 6.61 Å². The number of nitrogens with one attached hydrogen (secondary N) is 1. The fourth-order valence-corrected chi connectivity index (χ4v) is 2.36. The minimum absolute atomic E-state index is 0.00453. The highest BCUT2D eigenvalue weighted by molar-refractivity contribution is 6.30. The molecule has 7 nitrogen and oxygen atoms in total. The van der Waals surface area contributed by atoms with Gasteiger partial charge in [-0.05, 0) is 30.7 Å². The Balaban J connectivity index is 1.98. The summed E-state index contributed by atoms with van der Waals surface area (Å²) in [5.41, 5.74) is 0.614. The Morgan fingerprint density at radius 2 is 2.12 bits per heavy atom.